The van der Waals surface area contributed by atoms with Gasteiger partial charge in [-0.15, -0.1) is 5.10 Å². The van der Waals surface area contributed by atoms with Crippen molar-refractivity contribution in [1.29, 1.82) is 0 Å². The quantitative estimate of drug-likeness (QED) is 0.562. The molecule has 1 unspecified atom stereocenters. The molecule has 5 nitrogen and oxygen atoms in total. The Labute approximate surface area is 114 Å². The summed E-state index contributed by atoms with van der Waals surface area (Å²) in [5.74, 6) is 5.74. The molecular weight excluding hydrogens is 258 g/mol. The van der Waals surface area contributed by atoms with Crippen molar-refractivity contribution in [2.24, 2.45) is 5.84 Å². The molecule has 3 rings (SSSR count). The van der Waals surface area contributed by atoms with Crippen LogP contribution in [0.2, 0.25) is 0 Å². The fourth-order valence-electron chi connectivity index (χ4n) is 2.19. The third kappa shape index (κ3) is 2.10. The standard InChI is InChI=1S/C13H13N5S/c1-8-13(19-18-17-8)12(16-14)10-4-2-6-11-9(10)5-3-7-15-11/h2-7,12,16H,14H2,1H3. The minimum absolute atomic E-state index is 0.118. The topological polar surface area (TPSA) is 76.7 Å². The monoisotopic (exact) mass is 271 g/mol. The summed E-state index contributed by atoms with van der Waals surface area (Å²) in [6, 6.07) is 9.88. The van der Waals surface area contributed by atoms with Crippen molar-refractivity contribution in [3.05, 3.63) is 52.7 Å². The molecule has 2 aromatic heterocycles. The van der Waals surface area contributed by atoms with Crippen LogP contribution < -0.4 is 11.3 Å². The molecule has 0 aliphatic carbocycles. The summed E-state index contributed by atoms with van der Waals surface area (Å²) in [5.41, 5.74) is 5.79. The fraction of sp³-hybridized carbons (Fsp3) is 0.154. The van der Waals surface area contributed by atoms with Gasteiger partial charge in [0.1, 0.15) is 0 Å². The van der Waals surface area contributed by atoms with Crippen LogP contribution in [0.3, 0.4) is 0 Å². The Bertz CT molecular complexity index is 704. The molecule has 0 aliphatic heterocycles. The van der Waals surface area contributed by atoms with Crippen LogP contribution in [0.5, 0.6) is 0 Å². The van der Waals surface area contributed by atoms with E-state index in [4.69, 9.17) is 5.84 Å². The number of rotatable bonds is 3. The summed E-state index contributed by atoms with van der Waals surface area (Å²) in [7, 11) is 0. The lowest BCUT2D eigenvalue weighted by molar-refractivity contribution is 0.646. The highest BCUT2D eigenvalue weighted by atomic mass is 32.1. The van der Waals surface area contributed by atoms with Crippen molar-refractivity contribution >= 4 is 22.4 Å². The molecule has 0 amide bonds. The number of hydrazine groups is 1. The first-order valence-electron chi connectivity index (χ1n) is 5.90. The van der Waals surface area contributed by atoms with E-state index in [2.05, 4.69) is 20.0 Å². The molecular formula is C13H13N5S. The lowest BCUT2D eigenvalue weighted by Crippen LogP contribution is -2.28. The summed E-state index contributed by atoms with van der Waals surface area (Å²) in [5, 5.41) is 5.13. The van der Waals surface area contributed by atoms with Gasteiger partial charge in [0.15, 0.2) is 0 Å². The highest BCUT2D eigenvalue weighted by molar-refractivity contribution is 7.05. The van der Waals surface area contributed by atoms with Gasteiger partial charge in [0, 0.05) is 11.6 Å². The van der Waals surface area contributed by atoms with Crippen LogP contribution in [0.1, 0.15) is 22.2 Å². The van der Waals surface area contributed by atoms with Gasteiger partial charge < -0.3 is 0 Å². The number of nitrogens with one attached hydrogen (secondary N) is 1. The highest BCUT2D eigenvalue weighted by Gasteiger charge is 2.20. The molecule has 0 spiro atoms. The van der Waals surface area contributed by atoms with Crippen LogP contribution in [0.25, 0.3) is 10.9 Å². The Hall–Kier alpha value is -1.89. The first-order valence-corrected chi connectivity index (χ1v) is 6.67. The van der Waals surface area contributed by atoms with E-state index >= 15 is 0 Å². The number of nitrogens with two attached hydrogens (primary N) is 1. The van der Waals surface area contributed by atoms with E-state index in [9.17, 15) is 0 Å². The number of hydrogen-bond donors (Lipinski definition) is 2. The Morgan fingerprint density at radius 1 is 1.26 bits per heavy atom. The average Bonchev–Trinajstić information content (AvgIpc) is 2.86. The number of pyridine rings is 1. The average molecular weight is 271 g/mol. The number of aryl methyl sites for hydroxylation is 1. The normalized spacial score (nSPS) is 12.7. The first-order chi connectivity index (χ1) is 9.31. The van der Waals surface area contributed by atoms with Gasteiger partial charge >= 0.3 is 0 Å². The zero-order chi connectivity index (χ0) is 13.2. The largest absolute Gasteiger partial charge is 0.271 e. The van der Waals surface area contributed by atoms with Crippen molar-refractivity contribution in [2.45, 2.75) is 13.0 Å². The summed E-state index contributed by atoms with van der Waals surface area (Å²) in [6.45, 7) is 1.94. The fourth-order valence-corrected chi connectivity index (χ4v) is 2.91. The van der Waals surface area contributed by atoms with E-state index < -0.39 is 0 Å². The minimum atomic E-state index is -0.118. The third-order valence-electron chi connectivity index (χ3n) is 3.11. The molecule has 6 heteroatoms. The van der Waals surface area contributed by atoms with Crippen molar-refractivity contribution in [3.8, 4) is 0 Å². The third-order valence-corrected chi connectivity index (χ3v) is 4.00. The van der Waals surface area contributed by atoms with Crippen LogP contribution in [-0.4, -0.2) is 14.6 Å². The van der Waals surface area contributed by atoms with Crippen molar-refractivity contribution in [2.75, 3.05) is 0 Å². The lowest BCUT2D eigenvalue weighted by atomic mass is 10.00. The van der Waals surface area contributed by atoms with Crippen molar-refractivity contribution in [1.82, 2.24) is 20.0 Å². The predicted octanol–water partition coefficient (Wildman–Crippen LogP) is 1.95. The summed E-state index contributed by atoms with van der Waals surface area (Å²) in [4.78, 5) is 5.39. The molecule has 96 valence electrons. The molecule has 0 bridgehead atoms. The van der Waals surface area contributed by atoms with E-state index in [0.717, 1.165) is 27.0 Å². The predicted molar refractivity (Wildman–Crippen MR) is 75.6 cm³/mol. The molecule has 3 N–H and O–H groups in total. The number of benzene rings is 1. The van der Waals surface area contributed by atoms with Crippen LogP contribution >= 0.6 is 11.5 Å². The summed E-state index contributed by atoms with van der Waals surface area (Å²) in [6.07, 6.45) is 1.79. The van der Waals surface area contributed by atoms with E-state index in [0.29, 0.717) is 0 Å². The van der Waals surface area contributed by atoms with Crippen molar-refractivity contribution < 1.29 is 0 Å². The van der Waals surface area contributed by atoms with Crippen LogP contribution in [0.4, 0.5) is 0 Å². The van der Waals surface area contributed by atoms with E-state index in [-0.39, 0.29) is 6.04 Å². The molecule has 3 aromatic rings. The second-order valence-corrected chi connectivity index (χ2v) is 5.03. The minimum Gasteiger partial charge on any atom is -0.271 e. The molecule has 0 aliphatic rings. The molecule has 1 atom stereocenters. The molecule has 0 saturated carbocycles. The Kier molecular flexibility index (Phi) is 3.20. The van der Waals surface area contributed by atoms with Crippen molar-refractivity contribution in [3.63, 3.8) is 0 Å². The Balaban J connectivity index is 2.20. The summed E-state index contributed by atoms with van der Waals surface area (Å²) >= 11 is 1.36. The Morgan fingerprint density at radius 3 is 2.89 bits per heavy atom. The first kappa shape index (κ1) is 12.2. The lowest BCUT2D eigenvalue weighted by Gasteiger charge is -2.16. The van der Waals surface area contributed by atoms with Crippen LogP contribution in [0, 0.1) is 6.92 Å². The maximum atomic E-state index is 5.74. The maximum absolute atomic E-state index is 5.74. The number of fused-ring (bicyclic) bond motifs is 1. The molecule has 2 heterocycles. The molecule has 19 heavy (non-hydrogen) atoms. The molecule has 1 aromatic carbocycles. The Morgan fingerprint density at radius 2 is 2.16 bits per heavy atom. The number of aromatic nitrogens is 3. The smallest absolute Gasteiger partial charge is 0.0844 e. The zero-order valence-electron chi connectivity index (χ0n) is 10.4. The van der Waals surface area contributed by atoms with Gasteiger partial charge in [-0.3, -0.25) is 10.8 Å². The van der Waals surface area contributed by atoms with E-state index in [1.54, 1.807) is 6.20 Å². The van der Waals surface area contributed by atoms with Crippen LogP contribution in [0.15, 0.2) is 36.5 Å². The van der Waals surface area contributed by atoms with Gasteiger partial charge in [0.05, 0.1) is 22.1 Å². The maximum Gasteiger partial charge on any atom is 0.0844 e. The molecule has 0 radical (unpaired) electrons. The van der Waals surface area contributed by atoms with Gasteiger partial charge in [-0.25, -0.2) is 5.43 Å². The van der Waals surface area contributed by atoms with Gasteiger partial charge in [0.25, 0.3) is 0 Å². The molecule has 0 saturated heterocycles. The van der Waals surface area contributed by atoms with Gasteiger partial charge in [-0.05, 0) is 36.2 Å². The van der Waals surface area contributed by atoms with Gasteiger partial charge in [0.2, 0.25) is 0 Å². The van der Waals surface area contributed by atoms with E-state index in [1.165, 1.54) is 11.5 Å². The van der Waals surface area contributed by atoms with Gasteiger partial charge in [-0.2, -0.15) is 0 Å². The number of hydrogen-bond acceptors (Lipinski definition) is 6. The van der Waals surface area contributed by atoms with E-state index in [1.807, 2.05) is 37.3 Å². The second kappa shape index (κ2) is 5.00. The highest BCUT2D eigenvalue weighted by Crippen LogP contribution is 2.30. The summed E-state index contributed by atoms with van der Waals surface area (Å²) < 4.78 is 3.98. The number of nitrogens with zero attached hydrogens (tertiary/aromatic N) is 3. The van der Waals surface area contributed by atoms with Gasteiger partial charge in [-0.1, -0.05) is 22.7 Å². The zero-order valence-corrected chi connectivity index (χ0v) is 11.2. The second-order valence-electron chi connectivity index (χ2n) is 4.24. The van der Waals surface area contributed by atoms with Crippen LogP contribution in [-0.2, 0) is 0 Å². The molecule has 0 fully saturated rings. The SMILES string of the molecule is Cc1nnsc1C(NN)c1cccc2ncccc12.